The van der Waals surface area contributed by atoms with Crippen LogP contribution in [0.5, 0.6) is 0 Å². The van der Waals surface area contributed by atoms with Crippen molar-refractivity contribution < 1.29 is 9.47 Å². The third-order valence-electron chi connectivity index (χ3n) is 2.73. The Bertz CT molecular complexity index is 179. The van der Waals surface area contributed by atoms with Crippen molar-refractivity contribution in [1.29, 1.82) is 5.41 Å². The van der Waals surface area contributed by atoms with Crippen LogP contribution in [0.25, 0.3) is 0 Å². The standard InChI is InChI=1S/C11H22N2O2/c1-14-11(12)5-3-2-4-6-13-7-9-15-10-8-13/h12H,2-10H2,1H3. The molecule has 0 spiro atoms. The second-order valence-corrected chi connectivity index (χ2v) is 3.89. The van der Waals surface area contributed by atoms with Gasteiger partial charge in [0.1, 0.15) is 0 Å². The average Bonchev–Trinajstić information content (AvgIpc) is 2.29. The molecule has 0 saturated carbocycles. The van der Waals surface area contributed by atoms with E-state index in [1.165, 1.54) is 19.4 Å². The summed E-state index contributed by atoms with van der Waals surface area (Å²) < 4.78 is 10.1. The molecule has 0 aromatic heterocycles. The van der Waals surface area contributed by atoms with Gasteiger partial charge in [-0.15, -0.1) is 0 Å². The topological polar surface area (TPSA) is 45.5 Å². The van der Waals surface area contributed by atoms with E-state index in [4.69, 9.17) is 14.9 Å². The van der Waals surface area contributed by atoms with Gasteiger partial charge in [-0.25, -0.2) is 0 Å². The van der Waals surface area contributed by atoms with Gasteiger partial charge in [-0.1, -0.05) is 6.42 Å². The number of morpholine rings is 1. The highest BCUT2D eigenvalue weighted by Gasteiger charge is 2.08. The lowest BCUT2D eigenvalue weighted by atomic mass is 10.2. The molecule has 1 heterocycles. The first-order valence-electron chi connectivity index (χ1n) is 5.74. The van der Waals surface area contributed by atoms with Gasteiger partial charge in [-0.2, -0.15) is 0 Å². The second-order valence-electron chi connectivity index (χ2n) is 3.89. The quantitative estimate of drug-likeness (QED) is 0.414. The predicted octanol–water partition coefficient (Wildman–Crippen LogP) is 1.50. The van der Waals surface area contributed by atoms with Crippen LogP contribution in [0.15, 0.2) is 0 Å². The highest BCUT2D eigenvalue weighted by molar-refractivity contribution is 5.72. The van der Waals surface area contributed by atoms with Gasteiger partial charge in [-0.3, -0.25) is 10.3 Å². The summed E-state index contributed by atoms with van der Waals surface area (Å²) in [5.74, 6) is 0.404. The van der Waals surface area contributed by atoms with Gasteiger partial charge in [0, 0.05) is 19.5 Å². The lowest BCUT2D eigenvalue weighted by Crippen LogP contribution is -2.36. The SMILES string of the molecule is COC(=N)CCCCCN1CCOCC1. The number of methoxy groups -OCH3 is 1. The first-order valence-corrected chi connectivity index (χ1v) is 5.74. The van der Waals surface area contributed by atoms with Gasteiger partial charge < -0.3 is 9.47 Å². The van der Waals surface area contributed by atoms with Gasteiger partial charge in [-0.05, 0) is 19.4 Å². The molecule has 0 aromatic carbocycles. The Morgan fingerprint density at radius 1 is 1.27 bits per heavy atom. The third-order valence-corrected chi connectivity index (χ3v) is 2.73. The number of hydrogen-bond donors (Lipinski definition) is 1. The fraction of sp³-hybridized carbons (Fsp3) is 0.909. The monoisotopic (exact) mass is 214 g/mol. The van der Waals surface area contributed by atoms with Crippen LogP contribution in [0, 0.1) is 5.41 Å². The third kappa shape index (κ3) is 5.74. The smallest absolute Gasteiger partial charge is 0.180 e. The van der Waals surface area contributed by atoms with Crippen LogP contribution in [0.3, 0.4) is 0 Å². The minimum Gasteiger partial charge on any atom is -0.484 e. The number of unbranched alkanes of at least 4 members (excludes halogenated alkanes) is 2. The van der Waals surface area contributed by atoms with Crippen LogP contribution in [0.2, 0.25) is 0 Å². The van der Waals surface area contributed by atoms with Crippen molar-refractivity contribution >= 4 is 5.90 Å². The Morgan fingerprint density at radius 3 is 2.67 bits per heavy atom. The molecule has 0 aromatic rings. The van der Waals surface area contributed by atoms with E-state index in [-0.39, 0.29) is 0 Å². The zero-order valence-electron chi connectivity index (χ0n) is 9.63. The Balaban J connectivity index is 1.89. The minimum absolute atomic E-state index is 0.404. The van der Waals surface area contributed by atoms with Crippen LogP contribution in [0.1, 0.15) is 25.7 Å². The molecule has 1 saturated heterocycles. The van der Waals surface area contributed by atoms with Crippen molar-refractivity contribution in [3.8, 4) is 0 Å². The highest BCUT2D eigenvalue weighted by Crippen LogP contribution is 2.04. The lowest BCUT2D eigenvalue weighted by Gasteiger charge is -2.26. The number of ether oxygens (including phenoxy) is 2. The Morgan fingerprint density at radius 2 is 2.00 bits per heavy atom. The van der Waals surface area contributed by atoms with Gasteiger partial charge in [0.25, 0.3) is 0 Å². The molecular weight excluding hydrogens is 192 g/mol. The van der Waals surface area contributed by atoms with Gasteiger partial charge in [0.05, 0.1) is 20.3 Å². The van der Waals surface area contributed by atoms with Crippen molar-refractivity contribution in [3.63, 3.8) is 0 Å². The molecule has 0 radical (unpaired) electrons. The molecule has 15 heavy (non-hydrogen) atoms. The molecule has 4 heteroatoms. The molecule has 0 aliphatic carbocycles. The number of nitrogens with one attached hydrogen (secondary N) is 1. The zero-order chi connectivity index (χ0) is 10.9. The molecule has 1 rings (SSSR count). The van der Waals surface area contributed by atoms with Crippen molar-refractivity contribution in [1.82, 2.24) is 4.90 Å². The van der Waals surface area contributed by atoms with Crippen molar-refractivity contribution in [2.45, 2.75) is 25.7 Å². The fourth-order valence-electron chi connectivity index (χ4n) is 1.72. The minimum atomic E-state index is 0.404. The summed E-state index contributed by atoms with van der Waals surface area (Å²) in [6, 6.07) is 0. The maximum atomic E-state index is 7.32. The van der Waals surface area contributed by atoms with Crippen LogP contribution in [-0.2, 0) is 9.47 Å². The van der Waals surface area contributed by atoms with E-state index in [9.17, 15) is 0 Å². The summed E-state index contributed by atoms with van der Waals surface area (Å²) in [5, 5.41) is 7.32. The van der Waals surface area contributed by atoms with E-state index in [2.05, 4.69) is 4.90 Å². The van der Waals surface area contributed by atoms with Crippen LogP contribution < -0.4 is 0 Å². The van der Waals surface area contributed by atoms with E-state index >= 15 is 0 Å². The lowest BCUT2D eigenvalue weighted by molar-refractivity contribution is 0.0371. The van der Waals surface area contributed by atoms with Gasteiger partial charge >= 0.3 is 0 Å². The van der Waals surface area contributed by atoms with Crippen molar-refractivity contribution in [3.05, 3.63) is 0 Å². The summed E-state index contributed by atoms with van der Waals surface area (Å²) in [4.78, 5) is 2.45. The van der Waals surface area contributed by atoms with Gasteiger partial charge in [0.2, 0.25) is 0 Å². The van der Waals surface area contributed by atoms with Gasteiger partial charge in [0.15, 0.2) is 5.90 Å². The predicted molar refractivity (Wildman–Crippen MR) is 60.5 cm³/mol. The molecule has 0 amide bonds. The Hall–Kier alpha value is -0.610. The van der Waals surface area contributed by atoms with Crippen molar-refractivity contribution in [2.24, 2.45) is 0 Å². The first-order chi connectivity index (χ1) is 7.33. The van der Waals surface area contributed by atoms with E-state index in [1.807, 2.05) is 0 Å². The molecule has 4 nitrogen and oxygen atoms in total. The maximum Gasteiger partial charge on any atom is 0.180 e. The van der Waals surface area contributed by atoms with E-state index in [1.54, 1.807) is 7.11 Å². The van der Waals surface area contributed by atoms with Crippen LogP contribution >= 0.6 is 0 Å². The summed E-state index contributed by atoms with van der Waals surface area (Å²) in [7, 11) is 1.57. The number of rotatable bonds is 6. The summed E-state index contributed by atoms with van der Waals surface area (Å²) in [6.07, 6.45) is 4.25. The Labute approximate surface area is 92.1 Å². The molecule has 0 bridgehead atoms. The summed E-state index contributed by atoms with van der Waals surface area (Å²) in [5.41, 5.74) is 0. The van der Waals surface area contributed by atoms with Crippen molar-refractivity contribution in [2.75, 3.05) is 40.0 Å². The van der Waals surface area contributed by atoms with Crippen LogP contribution in [-0.4, -0.2) is 50.8 Å². The Kier molecular flexibility index (Phi) is 6.36. The summed E-state index contributed by atoms with van der Waals surface area (Å²) >= 11 is 0. The molecule has 88 valence electrons. The van der Waals surface area contributed by atoms with Crippen LogP contribution in [0.4, 0.5) is 0 Å². The molecule has 1 aliphatic heterocycles. The van der Waals surface area contributed by atoms with E-state index in [0.717, 1.165) is 39.1 Å². The molecule has 1 N–H and O–H groups in total. The summed E-state index contributed by atoms with van der Waals surface area (Å²) in [6.45, 7) is 5.09. The second kappa shape index (κ2) is 7.65. The zero-order valence-corrected chi connectivity index (χ0v) is 9.63. The number of nitrogens with zero attached hydrogens (tertiary/aromatic N) is 1. The molecule has 1 aliphatic rings. The first kappa shape index (κ1) is 12.5. The van der Waals surface area contributed by atoms with E-state index < -0.39 is 0 Å². The highest BCUT2D eigenvalue weighted by atomic mass is 16.5. The molecule has 0 atom stereocenters. The normalized spacial score (nSPS) is 17.7. The van der Waals surface area contributed by atoms with E-state index in [0.29, 0.717) is 5.90 Å². The fourth-order valence-corrected chi connectivity index (χ4v) is 1.72. The maximum absolute atomic E-state index is 7.32. The molecular formula is C11H22N2O2. The largest absolute Gasteiger partial charge is 0.484 e. The number of hydrogen-bond acceptors (Lipinski definition) is 4. The molecule has 0 unspecified atom stereocenters. The molecule has 1 fully saturated rings. The average molecular weight is 214 g/mol.